The first-order chi connectivity index (χ1) is 23.9. The number of benzene rings is 5. The normalized spacial score (nSPS) is 11.7. The number of amides is 3. The molecule has 6 rings (SSSR count). The molecule has 1 aromatic heterocycles. The molecule has 6 aromatic rings. The standard InChI is InChI=1S/C39H29FN4O3S2/c40-32-22-11-10-19-29(32)23-33(42-36(45)28-17-8-3-9-18-28)37(46)41-30-20-12-21-31(24-30)49-35(27-15-6-2-7-16-27)38(47)44-39-43-34(25-48-39)26-13-4-1-5-14-26/h1-25,35H,(H,41,46)(H,42,45)(H,43,44,47)/b33-23-. The van der Waals surface area contributed by atoms with Crippen LogP contribution in [0.3, 0.4) is 0 Å². The SMILES string of the molecule is O=C(Nc1cccc(SC(C(=O)Nc2nc(-c3ccccc3)cs2)c2ccccc2)c1)/C(=C/c1ccccc1F)NC(=O)c1ccccc1. The summed E-state index contributed by atoms with van der Waals surface area (Å²) in [5.74, 6) is -1.96. The van der Waals surface area contributed by atoms with Gasteiger partial charge in [-0.3, -0.25) is 14.4 Å². The fourth-order valence-corrected chi connectivity index (χ4v) is 6.62. The Morgan fingerprint density at radius 3 is 2.16 bits per heavy atom. The maximum atomic E-state index is 14.6. The molecule has 0 saturated carbocycles. The predicted molar refractivity (Wildman–Crippen MR) is 195 cm³/mol. The van der Waals surface area contributed by atoms with Crippen LogP contribution in [0.2, 0.25) is 0 Å². The Bertz CT molecular complexity index is 2110. The largest absolute Gasteiger partial charge is 0.321 e. The van der Waals surface area contributed by atoms with Crippen LogP contribution in [0.5, 0.6) is 0 Å². The van der Waals surface area contributed by atoms with Gasteiger partial charge in [0.1, 0.15) is 16.8 Å². The highest BCUT2D eigenvalue weighted by Crippen LogP contribution is 2.38. The minimum absolute atomic E-state index is 0.137. The van der Waals surface area contributed by atoms with E-state index in [1.54, 1.807) is 60.7 Å². The highest BCUT2D eigenvalue weighted by Gasteiger charge is 2.24. The van der Waals surface area contributed by atoms with Gasteiger partial charge in [0, 0.05) is 32.7 Å². The number of aromatic nitrogens is 1. The van der Waals surface area contributed by atoms with E-state index in [-0.39, 0.29) is 17.2 Å². The van der Waals surface area contributed by atoms with Crippen LogP contribution < -0.4 is 16.0 Å². The minimum atomic E-state index is -0.648. The first-order valence-corrected chi connectivity index (χ1v) is 17.0. The molecule has 0 aliphatic carbocycles. The number of hydrogen-bond acceptors (Lipinski definition) is 6. The number of nitrogens with zero attached hydrogens (tertiary/aromatic N) is 1. The molecular weight excluding hydrogens is 656 g/mol. The molecule has 7 nitrogen and oxygen atoms in total. The molecule has 5 aromatic carbocycles. The van der Waals surface area contributed by atoms with Crippen molar-refractivity contribution in [2.24, 2.45) is 0 Å². The van der Waals surface area contributed by atoms with Gasteiger partial charge in [-0.2, -0.15) is 0 Å². The fourth-order valence-electron chi connectivity index (χ4n) is 4.82. The van der Waals surface area contributed by atoms with Crippen molar-refractivity contribution in [2.45, 2.75) is 10.1 Å². The lowest BCUT2D eigenvalue weighted by molar-refractivity contribution is -0.116. The van der Waals surface area contributed by atoms with Gasteiger partial charge in [0.05, 0.1) is 5.69 Å². The Kier molecular flexibility index (Phi) is 10.7. The van der Waals surface area contributed by atoms with Crippen LogP contribution in [0.25, 0.3) is 17.3 Å². The first-order valence-electron chi connectivity index (χ1n) is 15.2. The van der Waals surface area contributed by atoms with Crippen molar-refractivity contribution in [2.75, 3.05) is 10.6 Å². The van der Waals surface area contributed by atoms with Crippen molar-refractivity contribution in [1.82, 2.24) is 10.3 Å². The molecule has 0 radical (unpaired) electrons. The number of carbonyl (C=O) groups excluding carboxylic acids is 3. The molecule has 0 aliphatic heterocycles. The van der Waals surface area contributed by atoms with Crippen molar-refractivity contribution in [3.05, 3.63) is 173 Å². The number of nitrogens with one attached hydrogen (secondary N) is 3. The Hall–Kier alpha value is -5.84. The number of hydrogen-bond donors (Lipinski definition) is 3. The number of carbonyl (C=O) groups is 3. The summed E-state index contributed by atoms with van der Waals surface area (Å²) in [6.07, 6.45) is 1.29. The van der Waals surface area contributed by atoms with Gasteiger partial charge in [0.25, 0.3) is 11.8 Å². The summed E-state index contributed by atoms with van der Waals surface area (Å²) < 4.78 is 14.6. The third-order valence-corrected chi connectivity index (χ3v) is 9.23. The third kappa shape index (κ3) is 8.75. The van der Waals surface area contributed by atoms with Gasteiger partial charge in [-0.05, 0) is 48.0 Å². The van der Waals surface area contributed by atoms with Crippen LogP contribution in [-0.4, -0.2) is 22.7 Å². The third-order valence-electron chi connectivity index (χ3n) is 7.22. The van der Waals surface area contributed by atoms with Gasteiger partial charge < -0.3 is 16.0 Å². The van der Waals surface area contributed by atoms with Gasteiger partial charge in [0.15, 0.2) is 5.13 Å². The minimum Gasteiger partial charge on any atom is -0.321 e. The molecular formula is C39H29FN4O3S2. The second-order valence-corrected chi connectivity index (χ2v) is 12.7. The lowest BCUT2D eigenvalue weighted by Gasteiger charge is -2.17. The number of halogens is 1. The van der Waals surface area contributed by atoms with Crippen LogP contribution in [0.1, 0.15) is 26.7 Å². The quantitative estimate of drug-likeness (QED) is 0.0936. The van der Waals surface area contributed by atoms with Crippen LogP contribution >= 0.6 is 23.1 Å². The van der Waals surface area contributed by atoms with Crippen molar-refractivity contribution >= 4 is 57.7 Å². The first kappa shape index (κ1) is 33.1. The second kappa shape index (κ2) is 15.8. The molecule has 0 aliphatic rings. The Morgan fingerprint density at radius 1 is 0.755 bits per heavy atom. The van der Waals surface area contributed by atoms with Crippen LogP contribution in [0.15, 0.2) is 155 Å². The summed E-state index contributed by atoms with van der Waals surface area (Å²) in [5.41, 5.74) is 3.28. The Labute approximate surface area is 290 Å². The van der Waals surface area contributed by atoms with Crippen molar-refractivity contribution in [1.29, 1.82) is 0 Å². The van der Waals surface area contributed by atoms with Gasteiger partial charge in [-0.1, -0.05) is 103 Å². The molecule has 0 bridgehead atoms. The van der Waals surface area contributed by atoms with Gasteiger partial charge in [-0.25, -0.2) is 9.37 Å². The van der Waals surface area contributed by atoms with Crippen molar-refractivity contribution in [3.8, 4) is 11.3 Å². The van der Waals surface area contributed by atoms with E-state index in [0.29, 0.717) is 21.3 Å². The van der Waals surface area contributed by atoms with E-state index in [2.05, 4.69) is 20.9 Å². The van der Waals surface area contributed by atoms with Crippen LogP contribution in [-0.2, 0) is 9.59 Å². The average molecular weight is 685 g/mol. The zero-order valence-electron chi connectivity index (χ0n) is 25.9. The summed E-state index contributed by atoms with van der Waals surface area (Å²) in [5, 5.41) is 10.2. The Balaban J connectivity index is 1.21. The molecule has 0 saturated heterocycles. The topological polar surface area (TPSA) is 100 Å². The molecule has 10 heteroatoms. The van der Waals surface area contributed by atoms with Crippen molar-refractivity contribution < 1.29 is 18.8 Å². The summed E-state index contributed by atoms with van der Waals surface area (Å²) in [7, 11) is 0. The number of anilines is 2. The monoisotopic (exact) mass is 684 g/mol. The van der Waals surface area contributed by atoms with E-state index in [4.69, 9.17) is 0 Å². The maximum Gasteiger partial charge on any atom is 0.272 e. The number of thioether (sulfide) groups is 1. The molecule has 0 fully saturated rings. The highest BCUT2D eigenvalue weighted by molar-refractivity contribution is 8.00. The zero-order valence-corrected chi connectivity index (χ0v) is 27.5. The van der Waals surface area contributed by atoms with Crippen LogP contribution in [0, 0.1) is 5.82 Å². The van der Waals surface area contributed by atoms with Gasteiger partial charge in [-0.15, -0.1) is 23.1 Å². The molecule has 0 spiro atoms. The lowest BCUT2D eigenvalue weighted by atomic mass is 10.1. The van der Waals surface area contributed by atoms with E-state index in [1.807, 2.05) is 72.1 Å². The average Bonchev–Trinajstić information content (AvgIpc) is 3.61. The van der Waals surface area contributed by atoms with Crippen LogP contribution in [0.4, 0.5) is 15.2 Å². The summed E-state index contributed by atoms with van der Waals surface area (Å²) in [6.45, 7) is 0. The number of rotatable bonds is 11. The molecule has 3 N–H and O–H groups in total. The molecule has 3 amide bonds. The van der Waals surface area contributed by atoms with E-state index >= 15 is 0 Å². The van der Waals surface area contributed by atoms with E-state index < -0.39 is 22.9 Å². The smallest absolute Gasteiger partial charge is 0.272 e. The zero-order chi connectivity index (χ0) is 34.0. The lowest BCUT2D eigenvalue weighted by Crippen LogP contribution is -2.30. The second-order valence-electron chi connectivity index (χ2n) is 10.7. The molecule has 242 valence electrons. The van der Waals surface area contributed by atoms with E-state index in [1.165, 1.54) is 41.3 Å². The highest BCUT2D eigenvalue weighted by atomic mass is 32.2. The predicted octanol–water partition coefficient (Wildman–Crippen LogP) is 8.83. The van der Waals surface area contributed by atoms with E-state index in [0.717, 1.165) is 16.8 Å². The molecule has 49 heavy (non-hydrogen) atoms. The summed E-state index contributed by atoms with van der Waals surface area (Å²) in [6, 6.07) is 40.6. The summed E-state index contributed by atoms with van der Waals surface area (Å²) in [4.78, 5) is 45.6. The fraction of sp³-hybridized carbons (Fsp3) is 0.0256. The summed E-state index contributed by atoms with van der Waals surface area (Å²) >= 11 is 2.66. The maximum absolute atomic E-state index is 14.6. The Morgan fingerprint density at radius 2 is 1.43 bits per heavy atom. The molecule has 1 heterocycles. The van der Waals surface area contributed by atoms with Gasteiger partial charge in [0.2, 0.25) is 5.91 Å². The van der Waals surface area contributed by atoms with Crippen molar-refractivity contribution in [3.63, 3.8) is 0 Å². The molecule has 1 atom stereocenters. The number of thiazole rings is 1. The van der Waals surface area contributed by atoms with E-state index in [9.17, 15) is 18.8 Å². The molecule has 1 unspecified atom stereocenters. The van der Waals surface area contributed by atoms with Gasteiger partial charge >= 0.3 is 0 Å².